The van der Waals surface area contributed by atoms with Gasteiger partial charge in [-0.3, -0.25) is 4.79 Å². The molecule has 0 aliphatic carbocycles. The highest BCUT2D eigenvalue weighted by Gasteiger charge is 2.31. The third-order valence-corrected chi connectivity index (χ3v) is 4.51. The van der Waals surface area contributed by atoms with Gasteiger partial charge < -0.3 is 21.3 Å². The summed E-state index contributed by atoms with van der Waals surface area (Å²) in [5.41, 5.74) is 4.92. The maximum absolute atomic E-state index is 12.9. The van der Waals surface area contributed by atoms with Crippen molar-refractivity contribution in [2.75, 3.05) is 43.3 Å². The second kappa shape index (κ2) is 9.64. The van der Waals surface area contributed by atoms with E-state index in [1.165, 1.54) is 23.9 Å². The SMILES string of the molecule is CSc1nc(N)nc(N[C@@H](CN(C)C)C(=O)Nc2cccc(C(F)(F)F)c2)c1C#N. The lowest BCUT2D eigenvalue weighted by Crippen LogP contribution is -2.42. The van der Waals surface area contributed by atoms with E-state index in [0.29, 0.717) is 5.03 Å². The van der Waals surface area contributed by atoms with E-state index in [9.17, 15) is 23.2 Å². The summed E-state index contributed by atoms with van der Waals surface area (Å²) in [5, 5.41) is 15.1. The number of nitrogens with one attached hydrogen (secondary N) is 2. The number of hydrogen-bond donors (Lipinski definition) is 3. The molecule has 0 bridgehead atoms. The Morgan fingerprint density at radius 2 is 2.07 bits per heavy atom. The van der Waals surface area contributed by atoms with Crippen LogP contribution in [0.1, 0.15) is 11.1 Å². The van der Waals surface area contributed by atoms with Crippen molar-refractivity contribution in [1.29, 1.82) is 5.26 Å². The van der Waals surface area contributed by atoms with Crippen molar-refractivity contribution in [3.63, 3.8) is 0 Å². The molecule has 1 heterocycles. The Morgan fingerprint density at radius 3 is 2.63 bits per heavy atom. The Balaban J connectivity index is 2.32. The lowest BCUT2D eigenvalue weighted by Gasteiger charge is -2.23. The van der Waals surface area contributed by atoms with E-state index in [4.69, 9.17) is 5.73 Å². The van der Waals surface area contributed by atoms with Crippen LogP contribution in [0.4, 0.5) is 30.6 Å². The molecule has 0 fully saturated rings. The Kier molecular flexibility index (Phi) is 7.47. The van der Waals surface area contributed by atoms with E-state index in [1.54, 1.807) is 25.3 Å². The fourth-order valence-corrected chi connectivity index (χ4v) is 3.07. The number of aromatic nitrogens is 2. The van der Waals surface area contributed by atoms with Gasteiger partial charge in [0, 0.05) is 12.2 Å². The van der Waals surface area contributed by atoms with Crippen LogP contribution in [-0.4, -0.2) is 53.7 Å². The minimum absolute atomic E-state index is 0.00658. The first kappa shape index (κ1) is 23.2. The van der Waals surface area contributed by atoms with Crippen LogP contribution in [0.25, 0.3) is 0 Å². The van der Waals surface area contributed by atoms with Gasteiger partial charge in [0.25, 0.3) is 0 Å². The minimum atomic E-state index is -4.53. The number of carbonyl (C=O) groups excluding carboxylic acids is 1. The summed E-state index contributed by atoms with van der Waals surface area (Å²) in [6.45, 7) is 0.175. The number of halogens is 3. The topological polar surface area (TPSA) is 120 Å². The zero-order valence-corrected chi connectivity index (χ0v) is 17.2. The van der Waals surface area contributed by atoms with Gasteiger partial charge >= 0.3 is 6.18 Å². The first-order valence-corrected chi connectivity index (χ1v) is 9.78. The van der Waals surface area contributed by atoms with E-state index in [1.807, 2.05) is 6.07 Å². The molecule has 0 aliphatic rings. The third kappa shape index (κ3) is 5.98. The maximum Gasteiger partial charge on any atom is 0.416 e. The molecule has 1 amide bonds. The number of nitrogens with zero attached hydrogens (tertiary/aromatic N) is 4. The number of likely N-dealkylation sites (N-methyl/N-ethyl adjacent to an activating group) is 1. The van der Waals surface area contributed by atoms with E-state index >= 15 is 0 Å². The van der Waals surface area contributed by atoms with E-state index < -0.39 is 23.7 Å². The molecule has 0 saturated carbocycles. The van der Waals surface area contributed by atoms with Crippen molar-refractivity contribution >= 4 is 35.1 Å². The molecule has 0 radical (unpaired) electrons. The number of rotatable bonds is 7. The lowest BCUT2D eigenvalue weighted by molar-refractivity contribution is -0.137. The number of benzene rings is 1. The number of thioether (sulfide) groups is 1. The van der Waals surface area contributed by atoms with Gasteiger partial charge in [-0.1, -0.05) is 6.07 Å². The van der Waals surface area contributed by atoms with Crippen LogP contribution >= 0.6 is 11.8 Å². The predicted molar refractivity (Wildman–Crippen MR) is 109 cm³/mol. The molecule has 1 atom stereocenters. The smallest absolute Gasteiger partial charge is 0.368 e. The highest BCUT2D eigenvalue weighted by Crippen LogP contribution is 2.31. The largest absolute Gasteiger partial charge is 0.416 e. The molecule has 1 aromatic heterocycles. The van der Waals surface area contributed by atoms with E-state index in [0.717, 1.165) is 12.1 Å². The third-order valence-electron chi connectivity index (χ3n) is 3.83. The van der Waals surface area contributed by atoms with E-state index in [2.05, 4.69) is 20.6 Å². The zero-order valence-electron chi connectivity index (χ0n) is 16.4. The minimum Gasteiger partial charge on any atom is -0.368 e. The predicted octanol–water partition coefficient (Wildman–Crippen LogP) is 2.65. The quantitative estimate of drug-likeness (QED) is 0.445. The first-order chi connectivity index (χ1) is 14.0. The molecule has 0 aliphatic heterocycles. The molecule has 2 aromatic rings. The number of nitriles is 1. The summed E-state index contributed by atoms with van der Waals surface area (Å²) < 4.78 is 38.8. The Morgan fingerprint density at radius 1 is 1.37 bits per heavy atom. The molecular weight excluding hydrogens is 419 g/mol. The second-order valence-electron chi connectivity index (χ2n) is 6.45. The van der Waals surface area contributed by atoms with E-state index in [-0.39, 0.29) is 29.6 Å². The van der Waals surface area contributed by atoms with Gasteiger partial charge in [0.15, 0.2) is 5.82 Å². The highest BCUT2D eigenvalue weighted by atomic mass is 32.2. The molecule has 2 rings (SSSR count). The number of carbonyl (C=O) groups is 1. The second-order valence-corrected chi connectivity index (χ2v) is 7.25. The van der Waals surface area contributed by atoms with Crippen molar-refractivity contribution in [3.8, 4) is 6.07 Å². The van der Waals surface area contributed by atoms with Crippen molar-refractivity contribution in [2.45, 2.75) is 17.2 Å². The van der Waals surface area contributed by atoms with Crippen molar-refractivity contribution in [1.82, 2.24) is 14.9 Å². The van der Waals surface area contributed by atoms with Gasteiger partial charge in [0.05, 0.1) is 5.56 Å². The Hall–Kier alpha value is -3.04. The fraction of sp³-hybridized carbons (Fsp3) is 0.333. The average molecular weight is 439 g/mol. The van der Waals surface area contributed by atoms with Crippen LogP contribution in [0, 0.1) is 11.3 Å². The molecule has 1 aromatic carbocycles. The fourth-order valence-electron chi connectivity index (χ4n) is 2.54. The number of alkyl halides is 3. The highest BCUT2D eigenvalue weighted by molar-refractivity contribution is 7.98. The van der Waals surface area contributed by atoms with Crippen LogP contribution in [0.5, 0.6) is 0 Å². The number of nitrogen functional groups attached to an aromatic ring is 1. The van der Waals surface area contributed by atoms with Crippen LogP contribution < -0.4 is 16.4 Å². The number of nitrogens with two attached hydrogens (primary N) is 1. The zero-order chi connectivity index (χ0) is 22.5. The summed E-state index contributed by atoms with van der Waals surface area (Å²) in [6.07, 6.45) is -2.82. The van der Waals surface area contributed by atoms with Gasteiger partial charge in [-0.25, -0.2) is 4.98 Å². The molecule has 0 unspecified atom stereocenters. The molecule has 0 spiro atoms. The summed E-state index contributed by atoms with van der Waals surface area (Å²) in [4.78, 5) is 22.5. The average Bonchev–Trinajstić information content (AvgIpc) is 2.66. The van der Waals surface area contributed by atoms with Crippen LogP contribution in [0.15, 0.2) is 29.3 Å². The summed E-state index contributed by atoms with van der Waals surface area (Å²) >= 11 is 1.19. The van der Waals surface area contributed by atoms with Crippen molar-refractivity contribution in [2.24, 2.45) is 0 Å². The molecular formula is C18H20F3N7OS. The van der Waals surface area contributed by atoms with Gasteiger partial charge in [-0.05, 0) is 38.6 Å². The number of amides is 1. The molecule has 4 N–H and O–H groups in total. The number of hydrogen-bond acceptors (Lipinski definition) is 8. The first-order valence-electron chi connectivity index (χ1n) is 8.56. The number of anilines is 3. The van der Waals surface area contributed by atoms with Gasteiger partial charge in [-0.15, -0.1) is 11.8 Å². The molecule has 12 heteroatoms. The molecule has 0 saturated heterocycles. The maximum atomic E-state index is 12.9. The van der Waals surface area contributed by atoms with Crippen LogP contribution in [-0.2, 0) is 11.0 Å². The summed E-state index contributed by atoms with van der Waals surface area (Å²) in [6, 6.07) is 5.36. The lowest BCUT2D eigenvalue weighted by atomic mass is 10.1. The summed E-state index contributed by atoms with van der Waals surface area (Å²) in [5.74, 6) is -0.613. The Labute approximate surface area is 175 Å². The monoisotopic (exact) mass is 439 g/mol. The molecule has 8 nitrogen and oxygen atoms in total. The molecule has 30 heavy (non-hydrogen) atoms. The standard InChI is InChI=1S/C18H20F3N7OS/c1-28(2)9-13(25-14-12(8-22)16(30-3)27-17(23)26-14)15(29)24-11-6-4-5-10(7-11)18(19,20)21/h4-7,13H,9H2,1-3H3,(H,24,29)(H3,23,25,26,27)/t13-/m0/s1. The van der Waals surface area contributed by atoms with Gasteiger partial charge in [-0.2, -0.15) is 23.4 Å². The van der Waals surface area contributed by atoms with Crippen LogP contribution in [0.3, 0.4) is 0 Å². The Bertz CT molecular complexity index is 960. The van der Waals surface area contributed by atoms with Gasteiger partial charge in [0.2, 0.25) is 11.9 Å². The van der Waals surface area contributed by atoms with Crippen LogP contribution in [0.2, 0.25) is 0 Å². The molecule has 160 valence electrons. The van der Waals surface area contributed by atoms with Crippen molar-refractivity contribution < 1.29 is 18.0 Å². The normalized spacial score (nSPS) is 12.3. The van der Waals surface area contributed by atoms with Crippen molar-refractivity contribution in [3.05, 3.63) is 35.4 Å². The van der Waals surface area contributed by atoms with Gasteiger partial charge in [0.1, 0.15) is 22.7 Å². The summed E-state index contributed by atoms with van der Waals surface area (Å²) in [7, 11) is 3.44.